The highest BCUT2D eigenvalue weighted by Gasteiger charge is 2.12. The Kier molecular flexibility index (Phi) is 2.91. The van der Waals surface area contributed by atoms with Crippen molar-refractivity contribution >= 4 is 17.1 Å². The van der Waals surface area contributed by atoms with Crippen molar-refractivity contribution in [2.24, 2.45) is 0 Å². The molecule has 0 aliphatic carbocycles. The third-order valence-electron chi connectivity index (χ3n) is 1.96. The van der Waals surface area contributed by atoms with E-state index in [1.165, 1.54) is 11.3 Å². The number of aromatic amines is 1. The minimum absolute atomic E-state index is 0.123. The number of nitrogens with zero attached hydrogens (tertiary/aromatic N) is 1. The largest absolute Gasteiger partial charge is 0.345 e. The number of hydrogen-bond acceptors (Lipinski definition) is 4. The molecule has 2 rings (SSSR count). The van der Waals surface area contributed by atoms with E-state index in [9.17, 15) is 14.0 Å². The highest BCUT2D eigenvalue weighted by atomic mass is 32.1. The summed E-state index contributed by atoms with van der Waals surface area (Å²) in [7, 11) is 0. The minimum Gasteiger partial charge on any atom is -0.310 e. The zero-order valence-corrected chi connectivity index (χ0v) is 8.88. The van der Waals surface area contributed by atoms with E-state index in [2.05, 4.69) is 9.97 Å². The maximum absolute atomic E-state index is 13.2. The van der Waals surface area contributed by atoms with Gasteiger partial charge in [-0.3, -0.25) is 4.79 Å². The van der Waals surface area contributed by atoms with Crippen LogP contribution >= 0.6 is 11.3 Å². The van der Waals surface area contributed by atoms with Crippen molar-refractivity contribution < 1.29 is 9.18 Å². The summed E-state index contributed by atoms with van der Waals surface area (Å²) in [5.41, 5.74) is -0.780. The fraction of sp³-hybridized carbons (Fsp3) is 0.100. The molecule has 0 radical (unpaired) electrons. The van der Waals surface area contributed by atoms with Gasteiger partial charge in [-0.15, -0.1) is 11.3 Å². The fourth-order valence-electron chi connectivity index (χ4n) is 1.22. The third kappa shape index (κ3) is 2.22. The second-order valence-electron chi connectivity index (χ2n) is 3.08. The number of nitrogens with one attached hydrogen (secondary N) is 1. The van der Waals surface area contributed by atoms with Crippen LogP contribution in [0, 0.1) is 5.82 Å². The number of halogens is 1. The molecule has 0 aromatic carbocycles. The van der Waals surface area contributed by atoms with Crippen molar-refractivity contribution in [3.63, 3.8) is 0 Å². The van der Waals surface area contributed by atoms with E-state index in [0.29, 0.717) is 4.88 Å². The van der Waals surface area contributed by atoms with Crippen molar-refractivity contribution in [1.82, 2.24) is 9.97 Å². The molecule has 0 unspecified atom stereocenters. The first-order chi connectivity index (χ1) is 7.66. The fourth-order valence-corrected chi connectivity index (χ4v) is 1.88. The van der Waals surface area contributed by atoms with Gasteiger partial charge >= 0.3 is 5.69 Å². The predicted molar refractivity (Wildman–Crippen MR) is 57.2 cm³/mol. The van der Waals surface area contributed by atoms with Crippen molar-refractivity contribution in [2.75, 3.05) is 0 Å². The van der Waals surface area contributed by atoms with Gasteiger partial charge in [0.05, 0.1) is 17.0 Å². The van der Waals surface area contributed by atoms with Crippen molar-refractivity contribution in [1.29, 1.82) is 0 Å². The number of hydrogen-bond donors (Lipinski definition) is 1. The van der Waals surface area contributed by atoms with Gasteiger partial charge in [0.15, 0.2) is 11.6 Å². The summed E-state index contributed by atoms with van der Waals surface area (Å²) in [6.07, 6.45) is 0.711. The summed E-state index contributed by atoms with van der Waals surface area (Å²) in [5.74, 6) is -0.920. The Bertz CT molecular complexity index is 562. The average Bonchev–Trinajstić information content (AvgIpc) is 2.76. The minimum atomic E-state index is -0.676. The molecular formula is C10H7FN2O2S. The number of aromatic nitrogens is 2. The highest BCUT2D eigenvalue weighted by molar-refractivity contribution is 7.12. The molecule has 6 heteroatoms. The van der Waals surface area contributed by atoms with Gasteiger partial charge in [-0.25, -0.2) is 9.18 Å². The van der Waals surface area contributed by atoms with Crippen LogP contribution in [0.25, 0.3) is 0 Å². The average molecular weight is 238 g/mol. The van der Waals surface area contributed by atoms with E-state index in [1.54, 1.807) is 17.5 Å². The monoisotopic (exact) mass is 238 g/mol. The zero-order valence-electron chi connectivity index (χ0n) is 8.07. The lowest BCUT2D eigenvalue weighted by atomic mass is 10.2. The number of carbonyl (C=O) groups is 1. The Balaban J connectivity index is 2.24. The van der Waals surface area contributed by atoms with Gasteiger partial charge in [-0.2, -0.15) is 4.98 Å². The van der Waals surface area contributed by atoms with Crippen LogP contribution in [-0.4, -0.2) is 15.8 Å². The van der Waals surface area contributed by atoms with Crippen molar-refractivity contribution in [3.8, 4) is 0 Å². The molecule has 0 saturated heterocycles. The number of thiophene rings is 1. The summed E-state index contributed by atoms with van der Waals surface area (Å²) >= 11 is 1.27. The molecule has 0 fully saturated rings. The quantitative estimate of drug-likeness (QED) is 0.822. The van der Waals surface area contributed by atoms with Crippen molar-refractivity contribution in [3.05, 3.63) is 50.6 Å². The first-order valence-electron chi connectivity index (χ1n) is 4.47. The number of H-pyrrole nitrogens is 1. The van der Waals surface area contributed by atoms with E-state index in [1.807, 2.05) is 0 Å². The van der Waals surface area contributed by atoms with Crippen molar-refractivity contribution in [2.45, 2.75) is 6.42 Å². The molecule has 1 N–H and O–H groups in total. The van der Waals surface area contributed by atoms with Gasteiger partial charge in [0.25, 0.3) is 0 Å². The van der Waals surface area contributed by atoms with Gasteiger partial charge in [0.1, 0.15) is 0 Å². The molecule has 0 atom stereocenters. The Labute approximate surface area is 93.8 Å². The lowest BCUT2D eigenvalue weighted by molar-refractivity contribution is 0.0994. The molecule has 2 aromatic heterocycles. The smallest absolute Gasteiger partial charge is 0.310 e. The van der Waals surface area contributed by atoms with Crippen LogP contribution in [0.3, 0.4) is 0 Å². The van der Waals surface area contributed by atoms with E-state index in [0.717, 1.165) is 6.20 Å². The molecule has 82 valence electrons. The molecule has 2 aromatic rings. The lowest BCUT2D eigenvalue weighted by Crippen LogP contribution is -2.16. The summed E-state index contributed by atoms with van der Waals surface area (Å²) in [6.45, 7) is 0. The van der Waals surface area contributed by atoms with E-state index in [4.69, 9.17) is 0 Å². The molecule has 0 spiro atoms. The standard InChI is InChI=1S/C10H7FN2O2S/c11-6-5-12-10(15)13-7(6)4-8(14)9-2-1-3-16-9/h1-3,5H,4H2,(H,12,13,15). The summed E-state index contributed by atoms with van der Waals surface area (Å²) < 4.78 is 13.2. The Morgan fingerprint density at radius 1 is 1.56 bits per heavy atom. The lowest BCUT2D eigenvalue weighted by Gasteiger charge is -1.98. The maximum Gasteiger partial charge on any atom is 0.345 e. The van der Waals surface area contributed by atoms with Crippen LogP contribution in [0.2, 0.25) is 0 Å². The van der Waals surface area contributed by atoms with Gasteiger partial charge in [0.2, 0.25) is 0 Å². The number of Topliss-reactive ketones (excluding diaryl/α,β-unsaturated/α-hetero) is 1. The molecular weight excluding hydrogens is 231 g/mol. The second kappa shape index (κ2) is 4.36. The van der Waals surface area contributed by atoms with Crippen LogP contribution in [0.1, 0.15) is 15.4 Å². The summed E-state index contributed by atoms with van der Waals surface area (Å²) in [5, 5.41) is 1.76. The number of rotatable bonds is 3. The SMILES string of the molecule is O=C(Cc1nc(=O)[nH]cc1F)c1cccs1. The van der Waals surface area contributed by atoms with Gasteiger partial charge < -0.3 is 4.98 Å². The van der Waals surface area contributed by atoms with Crippen LogP contribution in [-0.2, 0) is 6.42 Å². The van der Waals surface area contributed by atoms with Crippen LogP contribution in [0.15, 0.2) is 28.5 Å². The normalized spacial score (nSPS) is 10.3. The van der Waals surface area contributed by atoms with Crippen LogP contribution < -0.4 is 5.69 Å². The predicted octanol–water partition coefficient (Wildman–Crippen LogP) is 1.40. The maximum atomic E-state index is 13.2. The Morgan fingerprint density at radius 3 is 3.06 bits per heavy atom. The highest BCUT2D eigenvalue weighted by Crippen LogP contribution is 2.12. The molecule has 0 amide bonds. The summed E-state index contributed by atoms with van der Waals surface area (Å²) in [6, 6.07) is 3.39. The third-order valence-corrected chi connectivity index (χ3v) is 2.87. The van der Waals surface area contributed by atoms with Crippen LogP contribution in [0.4, 0.5) is 4.39 Å². The van der Waals surface area contributed by atoms with E-state index >= 15 is 0 Å². The first-order valence-corrected chi connectivity index (χ1v) is 5.35. The molecule has 4 nitrogen and oxygen atoms in total. The molecule has 0 saturated carbocycles. The molecule has 0 aliphatic rings. The van der Waals surface area contributed by atoms with E-state index < -0.39 is 11.5 Å². The first kappa shape index (κ1) is 10.7. The van der Waals surface area contributed by atoms with Gasteiger partial charge in [0, 0.05) is 6.20 Å². The zero-order chi connectivity index (χ0) is 11.5. The Hall–Kier alpha value is -1.82. The van der Waals surface area contributed by atoms with E-state index in [-0.39, 0.29) is 17.9 Å². The Morgan fingerprint density at radius 2 is 2.38 bits per heavy atom. The molecule has 0 bridgehead atoms. The number of carbonyl (C=O) groups excluding carboxylic acids is 1. The molecule has 16 heavy (non-hydrogen) atoms. The molecule has 2 heterocycles. The second-order valence-corrected chi connectivity index (χ2v) is 4.03. The summed E-state index contributed by atoms with van der Waals surface area (Å²) in [4.78, 5) is 28.5. The number of ketones is 1. The molecule has 0 aliphatic heterocycles. The van der Waals surface area contributed by atoms with Gasteiger partial charge in [-0.05, 0) is 11.4 Å². The van der Waals surface area contributed by atoms with Crippen LogP contribution in [0.5, 0.6) is 0 Å². The van der Waals surface area contributed by atoms with Gasteiger partial charge in [-0.1, -0.05) is 6.07 Å². The topological polar surface area (TPSA) is 62.8 Å².